The van der Waals surface area contributed by atoms with Gasteiger partial charge in [0.05, 0.1) is 6.04 Å². The average molecular weight is 440 g/mol. The van der Waals surface area contributed by atoms with Crippen LogP contribution in [0.4, 0.5) is 0 Å². The van der Waals surface area contributed by atoms with E-state index in [0.29, 0.717) is 13.1 Å². The van der Waals surface area contributed by atoms with Gasteiger partial charge in [-0.25, -0.2) is 0 Å². The molecule has 3 aromatic carbocycles. The van der Waals surface area contributed by atoms with E-state index in [1.165, 1.54) is 11.1 Å². The maximum Gasteiger partial charge on any atom is 0.325 e. The molecule has 1 aliphatic heterocycles. The van der Waals surface area contributed by atoms with Crippen LogP contribution in [0.25, 0.3) is 10.9 Å². The molecule has 5 rings (SSSR count). The first kappa shape index (κ1) is 21.4. The lowest BCUT2D eigenvalue weighted by Crippen LogP contribution is -2.50. The van der Waals surface area contributed by atoms with Crippen LogP contribution in [-0.4, -0.2) is 52.0 Å². The zero-order chi connectivity index (χ0) is 22.8. The standard InChI is InChI=1S/C28H29N3O2/c1-20-12-13-25-23(18-20)24(19-29-25)27(28(32)33)31-16-14-30(15-17-31)26(21-8-4-2-5-9-21)22-10-6-3-7-11-22/h2-13,18-19,26-27,29H,14-17H2,1H3,(H,32,33)/t27-/m0/s1. The monoisotopic (exact) mass is 439 g/mol. The van der Waals surface area contributed by atoms with Crippen LogP contribution in [-0.2, 0) is 4.79 Å². The van der Waals surface area contributed by atoms with Gasteiger partial charge in [0.1, 0.15) is 6.04 Å². The molecular formula is C28H29N3O2. The number of piperazine rings is 1. The maximum atomic E-state index is 12.4. The molecule has 2 heterocycles. The first-order chi connectivity index (χ1) is 16.1. The highest BCUT2D eigenvalue weighted by molar-refractivity contribution is 5.89. The van der Waals surface area contributed by atoms with Crippen molar-refractivity contribution in [3.63, 3.8) is 0 Å². The van der Waals surface area contributed by atoms with Crippen LogP contribution in [0.5, 0.6) is 0 Å². The Balaban J connectivity index is 1.40. The molecule has 33 heavy (non-hydrogen) atoms. The summed E-state index contributed by atoms with van der Waals surface area (Å²) in [5.74, 6) is -0.798. The number of carbonyl (C=O) groups is 1. The summed E-state index contributed by atoms with van der Waals surface area (Å²) in [6.07, 6.45) is 1.87. The Kier molecular flexibility index (Phi) is 5.99. The van der Waals surface area contributed by atoms with Crippen molar-refractivity contribution in [3.05, 3.63) is 107 Å². The van der Waals surface area contributed by atoms with Crippen LogP contribution in [0.1, 0.15) is 34.3 Å². The Morgan fingerprint density at radius 3 is 2.00 bits per heavy atom. The minimum absolute atomic E-state index is 0.161. The van der Waals surface area contributed by atoms with Crippen LogP contribution in [0.15, 0.2) is 85.1 Å². The fraction of sp³-hybridized carbons (Fsp3) is 0.250. The van der Waals surface area contributed by atoms with Gasteiger partial charge in [-0.05, 0) is 30.2 Å². The fourth-order valence-electron chi connectivity index (χ4n) is 5.11. The van der Waals surface area contributed by atoms with Crippen molar-refractivity contribution in [2.24, 2.45) is 0 Å². The van der Waals surface area contributed by atoms with Crippen molar-refractivity contribution in [3.8, 4) is 0 Å². The molecule has 1 atom stereocenters. The fourth-order valence-corrected chi connectivity index (χ4v) is 5.11. The third-order valence-electron chi connectivity index (χ3n) is 6.71. The summed E-state index contributed by atoms with van der Waals surface area (Å²) < 4.78 is 0. The number of aliphatic carboxylic acids is 1. The molecule has 0 bridgehead atoms. The number of fused-ring (bicyclic) bond motifs is 1. The second-order valence-corrected chi connectivity index (χ2v) is 8.83. The maximum absolute atomic E-state index is 12.4. The molecule has 1 saturated heterocycles. The molecule has 4 aromatic rings. The third-order valence-corrected chi connectivity index (χ3v) is 6.71. The van der Waals surface area contributed by atoms with Gasteiger partial charge >= 0.3 is 5.97 Å². The lowest BCUT2D eigenvalue weighted by Gasteiger charge is -2.41. The largest absolute Gasteiger partial charge is 0.480 e. The molecule has 0 amide bonds. The van der Waals surface area contributed by atoms with Crippen LogP contribution < -0.4 is 0 Å². The number of hydrogen-bond donors (Lipinski definition) is 2. The normalized spacial score (nSPS) is 16.3. The van der Waals surface area contributed by atoms with Crippen molar-refractivity contribution in [2.75, 3.05) is 26.2 Å². The highest BCUT2D eigenvalue weighted by Gasteiger charge is 2.34. The van der Waals surface area contributed by atoms with Gasteiger partial charge < -0.3 is 10.1 Å². The summed E-state index contributed by atoms with van der Waals surface area (Å²) >= 11 is 0. The quantitative estimate of drug-likeness (QED) is 0.443. The highest BCUT2D eigenvalue weighted by Crippen LogP contribution is 2.33. The van der Waals surface area contributed by atoms with Crippen molar-refractivity contribution >= 4 is 16.9 Å². The number of H-pyrrole nitrogens is 1. The summed E-state index contributed by atoms with van der Waals surface area (Å²) in [4.78, 5) is 20.3. The lowest BCUT2D eigenvalue weighted by molar-refractivity contribution is -0.144. The van der Waals surface area contributed by atoms with E-state index >= 15 is 0 Å². The molecule has 0 aliphatic carbocycles. The summed E-state index contributed by atoms with van der Waals surface area (Å²) in [5.41, 5.74) is 5.48. The molecule has 2 N–H and O–H groups in total. The molecule has 1 fully saturated rings. The molecule has 1 aromatic heterocycles. The van der Waals surface area contributed by atoms with Crippen molar-refractivity contribution in [1.29, 1.82) is 0 Å². The Morgan fingerprint density at radius 2 is 1.42 bits per heavy atom. The third kappa shape index (κ3) is 4.30. The van der Waals surface area contributed by atoms with Gasteiger partial charge in [-0.3, -0.25) is 14.6 Å². The molecular weight excluding hydrogens is 410 g/mol. The van der Waals surface area contributed by atoms with Gasteiger partial charge in [0.2, 0.25) is 0 Å². The number of nitrogens with zero attached hydrogens (tertiary/aromatic N) is 2. The number of carboxylic acids is 1. The number of carboxylic acid groups (broad SMARTS) is 1. The molecule has 0 unspecified atom stereocenters. The van der Waals surface area contributed by atoms with E-state index in [-0.39, 0.29) is 6.04 Å². The second-order valence-electron chi connectivity index (χ2n) is 8.83. The Morgan fingerprint density at radius 1 is 0.848 bits per heavy atom. The number of hydrogen-bond acceptors (Lipinski definition) is 3. The average Bonchev–Trinajstić information content (AvgIpc) is 3.24. The van der Waals surface area contributed by atoms with Crippen LogP contribution in [0.3, 0.4) is 0 Å². The van der Waals surface area contributed by atoms with E-state index in [4.69, 9.17) is 0 Å². The first-order valence-electron chi connectivity index (χ1n) is 11.5. The van der Waals surface area contributed by atoms with Gasteiger partial charge in [0, 0.05) is 48.8 Å². The van der Waals surface area contributed by atoms with Crippen LogP contribution >= 0.6 is 0 Å². The number of aromatic amines is 1. The van der Waals surface area contributed by atoms with E-state index in [1.807, 2.05) is 37.4 Å². The lowest BCUT2D eigenvalue weighted by atomic mass is 9.96. The zero-order valence-electron chi connectivity index (χ0n) is 18.8. The minimum atomic E-state index is -0.798. The second kappa shape index (κ2) is 9.22. The van der Waals surface area contributed by atoms with Crippen LogP contribution in [0, 0.1) is 6.92 Å². The van der Waals surface area contributed by atoms with E-state index in [1.54, 1.807) is 0 Å². The van der Waals surface area contributed by atoms with E-state index in [9.17, 15) is 9.90 Å². The van der Waals surface area contributed by atoms with E-state index < -0.39 is 12.0 Å². The Labute approximate surface area is 194 Å². The number of aromatic nitrogens is 1. The van der Waals surface area contributed by atoms with Crippen molar-refractivity contribution < 1.29 is 9.90 Å². The molecule has 0 spiro atoms. The van der Waals surface area contributed by atoms with Crippen molar-refractivity contribution in [2.45, 2.75) is 19.0 Å². The zero-order valence-corrected chi connectivity index (χ0v) is 18.8. The first-order valence-corrected chi connectivity index (χ1v) is 11.5. The molecule has 1 aliphatic rings. The highest BCUT2D eigenvalue weighted by atomic mass is 16.4. The number of benzene rings is 3. The van der Waals surface area contributed by atoms with Crippen LogP contribution in [0.2, 0.25) is 0 Å². The number of rotatable bonds is 6. The summed E-state index contributed by atoms with van der Waals surface area (Å²) in [7, 11) is 0. The SMILES string of the molecule is Cc1ccc2[nH]cc([C@@H](C(=O)O)N3CCN(C(c4ccccc4)c4ccccc4)CC3)c2c1. The molecule has 5 nitrogen and oxygen atoms in total. The molecule has 0 radical (unpaired) electrons. The van der Waals surface area contributed by atoms with Gasteiger partial charge in [-0.2, -0.15) is 0 Å². The molecule has 168 valence electrons. The summed E-state index contributed by atoms with van der Waals surface area (Å²) in [6, 6.07) is 26.8. The van der Waals surface area contributed by atoms with Crippen molar-refractivity contribution in [1.82, 2.24) is 14.8 Å². The van der Waals surface area contributed by atoms with Gasteiger partial charge in [0.15, 0.2) is 0 Å². The molecule has 0 saturated carbocycles. The van der Waals surface area contributed by atoms with E-state index in [0.717, 1.165) is 35.1 Å². The summed E-state index contributed by atoms with van der Waals surface area (Å²) in [5, 5.41) is 11.2. The minimum Gasteiger partial charge on any atom is -0.480 e. The van der Waals surface area contributed by atoms with Gasteiger partial charge in [-0.1, -0.05) is 72.3 Å². The van der Waals surface area contributed by atoms with E-state index in [2.05, 4.69) is 69.4 Å². The smallest absolute Gasteiger partial charge is 0.325 e. The Bertz CT molecular complexity index is 1190. The molecule has 5 heteroatoms. The topological polar surface area (TPSA) is 59.6 Å². The van der Waals surface area contributed by atoms with Gasteiger partial charge in [0.25, 0.3) is 0 Å². The number of aryl methyl sites for hydroxylation is 1. The van der Waals surface area contributed by atoms with Gasteiger partial charge in [-0.15, -0.1) is 0 Å². The Hall–Kier alpha value is -3.41. The number of nitrogens with one attached hydrogen (secondary N) is 1. The predicted molar refractivity (Wildman–Crippen MR) is 131 cm³/mol. The summed E-state index contributed by atoms with van der Waals surface area (Å²) in [6.45, 7) is 5.05. The predicted octanol–water partition coefficient (Wildman–Crippen LogP) is 5.01.